The summed E-state index contributed by atoms with van der Waals surface area (Å²) in [5.74, 6) is 1.31. The molecule has 0 aliphatic carbocycles. The van der Waals surface area contributed by atoms with Crippen LogP contribution in [0.15, 0.2) is 28.6 Å². The molecular formula is C17H22N4OS2. The highest BCUT2D eigenvalue weighted by atomic mass is 32.2. The predicted octanol–water partition coefficient (Wildman–Crippen LogP) is 2.84. The minimum atomic E-state index is -0.00494. The molecule has 0 spiro atoms. The molecule has 1 aliphatic heterocycles. The third-order valence-corrected chi connectivity index (χ3v) is 6.01. The van der Waals surface area contributed by atoms with Crippen molar-refractivity contribution in [1.29, 1.82) is 0 Å². The lowest BCUT2D eigenvalue weighted by atomic mass is 9.90. The number of nitrogens with one attached hydrogen (secondary N) is 2. The summed E-state index contributed by atoms with van der Waals surface area (Å²) >= 11 is 3.21. The molecule has 3 rings (SSSR count). The minimum absolute atomic E-state index is 0.00494. The van der Waals surface area contributed by atoms with Crippen LogP contribution in [0.2, 0.25) is 0 Å². The van der Waals surface area contributed by atoms with Crippen LogP contribution < -0.4 is 10.6 Å². The third-order valence-electron chi connectivity index (χ3n) is 4.04. The molecule has 1 aliphatic rings. The van der Waals surface area contributed by atoms with E-state index < -0.39 is 0 Å². The zero-order valence-corrected chi connectivity index (χ0v) is 15.4. The van der Waals surface area contributed by atoms with E-state index in [0.29, 0.717) is 12.5 Å². The normalized spacial score (nSPS) is 17.6. The number of hydrogen-bond acceptors (Lipinski definition) is 6. The first kappa shape index (κ1) is 17.4. The summed E-state index contributed by atoms with van der Waals surface area (Å²) in [6.45, 7) is 4.67. The highest BCUT2D eigenvalue weighted by molar-refractivity contribution is 8.01. The first-order valence-electron chi connectivity index (χ1n) is 8.24. The van der Waals surface area contributed by atoms with Gasteiger partial charge in [-0.2, -0.15) is 0 Å². The van der Waals surface area contributed by atoms with Gasteiger partial charge in [-0.05, 0) is 49.9 Å². The Kier molecular flexibility index (Phi) is 6.23. The van der Waals surface area contributed by atoms with E-state index in [4.69, 9.17) is 0 Å². The second-order valence-corrected chi connectivity index (χ2v) is 8.38. The average Bonchev–Trinajstić information content (AvgIpc) is 3.05. The second-order valence-electron chi connectivity index (χ2n) is 5.86. The number of aryl methyl sites for hydroxylation is 1. The Bertz CT molecular complexity index is 683. The second kappa shape index (κ2) is 8.60. The Morgan fingerprint density at radius 3 is 3.12 bits per heavy atom. The Morgan fingerprint density at radius 1 is 1.46 bits per heavy atom. The quantitative estimate of drug-likeness (QED) is 0.611. The van der Waals surface area contributed by atoms with Gasteiger partial charge in [0, 0.05) is 24.4 Å². The molecule has 1 aromatic carbocycles. The summed E-state index contributed by atoms with van der Waals surface area (Å²) in [5, 5.41) is 15.4. The van der Waals surface area contributed by atoms with Crippen molar-refractivity contribution < 1.29 is 4.79 Å². The monoisotopic (exact) mass is 362 g/mol. The summed E-state index contributed by atoms with van der Waals surface area (Å²) in [5.41, 5.74) is 2.00. The first-order chi connectivity index (χ1) is 11.7. The van der Waals surface area contributed by atoms with Crippen LogP contribution in [-0.2, 0) is 0 Å². The molecule has 5 nitrogen and oxygen atoms in total. The lowest BCUT2D eigenvalue weighted by Gasteiger charge is -2.23. The minimum Gasteiger partial charge on any atom is -0.351 e. The molecule has 0 bridgehead atoms. The molecule has 1 amide bonds. The molecule has 24 heavy (non-hydrogen) atoms. The van der Waals surface area contributed by atoms with Crippen LogP contribution in [0.4, 0.5) is 0 Å². The highest BCUT2D eigenvalue weighted by Crippen LogP contribution is 2.24. The maximum atomic E-state index is 12.3. The summed E-state index contributed by atoms with van der Waals surface area (Å²) < 4.78 is 0.952. The van der Waals surface area contributed by atoms with Gasteiger partial charge < -0.3 is 10.6 Å². The number of hydrogen-bond donors (Lipinski definition) is 2. The molecule has 0 radical (unpaired) electrons. The number of aromatic nitrogens is 2. The van der Waals surface area contributed by atoms with E-state index in [1.165, 1.54) is 18.4 Å². The standard InChI is InChI=1S/C17H22N4OS2/c1-12-20-21-17(24-12)23-9-8-19-16(22)14-5-2-4-13(10-14)15-6-3-7-18-11-15/h2,4-5,10,15,18H,3,6-9,11H2,1H3,(H,19,22). The van der Waals surface area contributed by atoms with Gasteiger partial charge in [0.1, 0.15) is 5.01 Å². The maximum absolute atomic E-state index is 12.3. The van der Waals surface area contributed by atoms with E-state index in [1.54, 1.807) is 23.1 Å². The van der Waals surface area contributed by atoms with Crippen molar-refractivity contribution >= 4 is 29.0 Å². The highest BCUT2D eigenvalue weighted by Gasteiger charge is 2.16. The fourth-order valence-corrected chi connectivity index (χ4v) is 4.55. The Hall–Kier alpha value is -1.44. The zero-order chi connectivity index (χ0) is 16.8. The number of benzene rings is 1. The molecule has 128 valence electrons. The van der Waals surface area contributed by atoms with Gasteiger partial charge in [0.25, 0.3) is 5.91 Å². The van der Waals surface area contributed by atoms with Gasteiger partial charge in [0.15, 0.2) is 4.34 Å². The van der Waals surface area contributed by atoms with Crippen LogP contribution in [0.3, 0.4) is 0 Å². The number of carbonyl (C=O) groups excluding carboxylic acids is 1. The number of carbonyl (C=O) groups is 1. The van der Waals surface area contributed by atoms with E-state index in [2.05, 4.69) is 26.9 Å². The van der Waals surface area contributed by atoms with Crippen LogP contribution in [0, 0.1) is 6.92 Å². The Balaban J connectivity index is 1.49. The lowest BCUT2D eigenvalue weighted by Crippen LogP contribution is -2.29. The summed E-state index contributed by atoms with van der Waals surface area (Å²) in [4.78, 5) is 12.3. The molecule has 7 heteroatoms. The fourth-order valence-electron chi connectivity index (χ4n) is 2.81. The SMILES string of the molecule is Cc1nnc(SCCNC(=O)c2cccc(C3CCCNC3)c2)s1. The van der Waals surface area contributed by atoms with Crippen LogP contribution in [0.25, 0.3) is 0 Å². The lowest BCUT2D eigenvalue weighted by molar-refractivity contribution is 0.0956. The van der Waals surface area contributed by atoms with Crippen molar-refractivity contribution in [2.75, 3.05) is 25.4 Å². The predicted molar refractivity (Wildman–Crippen MR) is 99.0 cm³/mol. The van der Waals surface area contributed by atoms with Gasteiger partial charge in [0.05, 0.1) is 0 Å². The molecule has 1 unspecified atom stereocenters. The smallest absolute Gasteiger partial charge is 0.251 e. The fraction of sp³-hybridized carbons (Fsp3) is 0.471. The maximum Gasteiger partial charge on any atom is 0.251 e. The van der Waals surface area contributed by atoms with Crippen molar-refractivity contribution in [3.05, 3.63) is 40.4 Å². The first-order valence-corrected chi connectivity index (χ1v) is 10.0. The molecule has 1 aromatic heterocycles. The zero-order valence-electron chi connectivity index (χ0n) is 13.7. The van der Waals surface area contributed by atoms with E-state index >= 15 is 0 Å². The van der Waals surface area contributed by atoms with Gasteiger partial charge in [-0.25, -0.2) is 0 Å². The van der Waals surface area contributed by atoms with Crippen molar-refractivity contribution in [3.8, 4) is 0 Å². The molecule has 2 heterocycles. The number of piperidine rings is 1. The van der Waals surface area contributed by atoms with Crippen LogP contribution in [0.5, 0.6) is 0 Å². The van der Waals surface area contributed by atoms with E-state index in [1.807, 2.05) is 25.1 Å². The molecule has 2 N–H and O–H groups in total. The number of nitrogens with zero attached hydrogens (tertiary/aromatic N) is 2. The Labute approximate surface area is 150 Å². The number of amides is 1. The third kappa shape index (κ3) is 4.78. The summed E-state index contributed by atoms with van der Waals surface area (Å²) in [6, 6.07) is 8.03. The van der Waals surface area contributed by atoms with E-state index in [9.17, 15) is 4.79 Å². The van der Waals surface area contributed by atoms with Gasteiger partial charge in [-0.1, -0.05) is 35.2 Å². The van der Waals surface area contributed by atoms with E-state index in [-0.39, 0.29) is 5.91 Å². The molecule has 1 fully saturated rings. The molecule has 1 saturated heterocycles. The largest absolute Gasteiger partial charge is 0.351 e. The van der Waals surface area contributed by atoms with Crippen LogP contribution >= 0.6 is 23.1 Å². The molecule has 1 atom stereocenters. The van der Waals surface area contributed by atoms with E-state index in [0.717, 1.165) is 33.8 Å². The molecule has 0 saturated carbocycles. The molecular weight excluding hydrogens is 340 g/mol. The number of rotatable bonds is 6. The Morgan fingerprint density at radius 2 is 2.38 bits per heavy atom. The van der Waals surface area contributed by atoms with Gasteiger partial charge in [-0.3, -0.25) is 4.79 Å². The van der Waals surface area contributed by atoms with Crippen molar-refractivity contribution in [3.63, 3.8) is 0 Å². The number of thioether (sulfide) groups is 1. The van der Waals surface area contributed by atoms with Gasteiger partial charge in [0.2, 0.25) is 0 Å². The van der Waals surface area contributed by atoms with Crippen molar-refractivity contribution in [1.82, 2.24) is 20.8 Å². The summed E-state index contributed by atoms with van der Waals surface area (Å²) in [7, 11) is 0. The van der Waals surface area contributed by atoms with Crippen molar-refractivity contribution in [2.24, 2.45) is 0 Å². The van der Waals surface area contributed by atoms with Gasteiger partial charge in [-0.15, -0.1) is 10.2 Å². The summed E-state index contributed by atoms with van der Waals surface area (Å²) in [6.07, 6.45) is 2.39. The van der Waals surface area contributed by atoms with Crippen molar-refractivity contribution in [2.45, 2.75) is 30.0 Å². The molecule has 2 aromatic rings. The van der Waals surface area contributed by atoms with Crippen LogP contribution in [0.1, 0.15) is 39.7 Å². The van der Waals surface area contributed by atoms with Crippen LogP contribution in [-0.4, -0.2) is 41.5 Å². The van der Waals surface area contributed by atoms with Gasteiger partial charge >= 0.3 is 0 Å². The average molecular weight is 363 g/mol. The topological polar surface area (TPSA) is 66.9 Å².